The van der Waals surface area contributed by atoms with E-state index in [4.69, 9.17) is 14.9 Å². The van der Waals surface area contributed by atoms with Crippen LogP contribution < -0.4 is 5.73 Å². The van der Waals surface area contributed by atoms with Crippen molar-refractivity contribution in [3.63, 3.8) is 0 Å². The smallest absolute Gasteiger partial charge is 0.333 e. The Balaban J connectivity index is 2.44. The summed E-state index contributed by atoms with van der Waals surface area (Å²) >= 11 is 0. The largest absolute Gasteiger partial charge is 0.467 e. The lowest BCUT2D eigenvalue weighted by atomic mass is 9.82. The summed E-state index contributed by atoms with van der Waals surface area (Å²) in [5.41, 5.74) is 5.94. The predicted molar refractivity (Wildman–Crippen MR) is 49.5 cm³/mol. The summed E-state index contributed by atoms with van der Waals surface area (Å²) in [6, 6.07) is 1.86. The Morgan fingerprint density at radius 3 is 3.21 bits per heavy atom. The van der Waals surface area contributed by atoms with E-state index >= 15 is 0 Å². The third-order valence-corrected chi connectivity index (χ3v) is 2.72. The highest BCUT2D eigenvalue weighted by molar-refractivity contribution is 5.82. The van der Waals surface area contributed by atoms with Crippen LogP contribution in [-0.4, -0.2) is 13.1 Å². The summed E-state index contributed by atoms with van der Waals surface area (Å²) in [6.45, 7) is 0. The second-order valence-corrected chi connectivity index (χ2v) is 3.59. The van der Waals surface area contributed by atoms with Crippen molar-refractivity contribution in [2.24, 2.45) is 5.73 Å². The van der Waals surface area contributed by atoms with Crippen molar-refractivity contribution in [2.75, 3.05) is 7.11 Å². The number of hydrogen-bond donors (Lipinski definition) is 1. The zero-order valence-electron chi connectivity index (χ0n) is 8.08. The summed E-state index contributed by atoms with van der Waals surface area (Å²) in [6.07, 6.45) is 3.96. The first-order valence-electron chi connectivity index (χ1n) is 4.62. The molecule has 0 aliphatic heterocycles. The number of fused-ring (bicyclic) bond motifs is 1. The standard InChI is InChI=1S/C10H13NO3/c1-13-9(12)10(11)5-2-3-7-4-6-14-8(7)10/h4,6H,2-3,5,11H2,1H3. The molecule has 0 fully saturated rings. The molecular weight excluding hydrogens is 182 g/mol. The Morgan fingerprint density at radius 1 is 1.71 bits per heavy atom. The minimum atomic E-state index is -1.08. The van der Waals surface area contributed by atoms with Crippen LogP contribution in [0.3, 0.4) is 0 Å². The van der Waals surface area contributed by atoms with Gasteiger partial charge in [-0.2, -0.15) is 0 Å². The number of rotatable bonds is 1. The highest BCUT2D eigenvalue weighted by atomic mass is 16.5. The van der Waals surface area contributed by atoms with Gasteiger partial charge in [0.05, 0.1) is 13.4 Å². The molecule has 76 valence electrons. The van der Waals surface area contributed by atoms with Crippen molar-refractivity contribution in [3.05, 3.63) is 23.7 Å². The van der Waals surface area contributed by atoms with Crippen molar-refractivity contribution < 1.29 is 13.9 Å². The number of hydrogen-bond acceptors (Lipinski definition) is 4. The first-order chi connectivity index (χ1) is 6.68. The van der Waals surface area contributed by atoms with Gasteiger partial charge in [0.25, 0.3) is 0 Å². The Hall–Kier alpha value is -1.29. The third kappa shape index (κ3) is 1.14. The molecule has 2 rings (SSSR count). The molecule has 1 aromatic heterocycles. The van der Waals surface area contributed by atoms with Gasteiger partial charge < -0.3 is 14.9 Å². The summed E-state index contributed by atoms with van der Waals surface area (Å²) in [4.78, 5) is 11.5. The maximum Gasteiger partial charge on any atom is 0.333 e. The number of nitrogens with two attached hydrogens (primary N) is 1. The minimum Gasteiger partial charge on any atom is -0.467 e. The van der Waals surface area contributed by atoms with Gasteiger partial charge in [-0.05, 0) is 30.9 Å². The molecule has 14 heavy (non-hydrogen) atoms. The predicted octanol–water partition coefficient (Wildman–Crippen LogP) is 0.943. The quantitative estimate of drug-likeness (QED) is 0.677. The highest BCUT2D eigenvalue weighted by Crippen LogP contribution is 2.34. The first-order valence-corrected chi connectivity index (χ1v) is 4.62. The maximum absolute atomic E-state index is 11.5. The van der Waals surface area contributed by atoms with Crippen LogP contribution in [0.1, 0.15) is 24.2 Å². The van der Waals surface area contributed by atoms with Crippen LogP contribution in [0.25, 0.3) is 0 Å². The molecule has 4 heteroatoms. The normalized spacial score (nSPS) is 25.6. The van der Waals surface area contributed by atoms with E-state index < -0.39 is 11.5 Å². The monoisotopic (exact) mass is 195 g/mol. The fourth-order valence-electron chi connectivity index (χ4n) is 1.97. The molecule has 1 heterocycles. The lowest BCUT2D eigenvalue weighted by Crippen LogP contribution is -2.47. The molecule has 1 atom stereocenters. The summed E-state index contributed by atoms with van der Waals surface area (Å²) in [5, 5.41) is 0. The van der Waals surface area contributed by atoms with Crippen molar-refractivity contribution in [1.29, 1.82) is 0 Å². The second-order valence-electron chi connectivity index (χ2n) is 3.59. The van der Waals surface area contributed by atoms with Crippen LogP contribution in [0.5, 0.6) is 0 Å². The molecule has 1 unspecified atom stereocenters. The van der Waals surface area contributed by atoms with Crippen molar-refractivity contribution >= 4 is 5.97 Å². The zero-order chi connectivity index (χ0) is 10.2. The van der Waals surface area contributed by atoms with E-state index in [1.54, 1.807) is 6.26 Å². The second kappa shape index (κ2) is 3.13. The highest BCUT2D eigenvalue weighted by Gasteiger charge is 2.43. The molecule has 0 amide bonds. The average Bonchev–Trinajstić information content (AvgIpc) is 2.66. The van der Waals surface area contributed by atoms with Crippen molar-refractivity contribution in [2.45, 2.75) is 24.8 Å². The van der Waals surface area contributed by atoms with Gasteiger partial charge in [-0.1, -0.05) is 0 Å². The molecule has 0 bridgehead atoms. The van der Waals surface area contributed by atoms with Gasteiger partial charge in [0, 0.05) is 0 Å². The number of ether oxygens (including phenoxy) is 1. The third-order valence-electron chi connectivity index (χ3n) is 2.72. The lowest BCUT2D eigenvalue weighted by molar-refractivity contribution is -0.148. The molecule has 2 N–H and O–H groups in total. The van der Waals surface area contributed by atoms with Gasteiger partial charge in [-0.3, -0.25) is 0 Å². The Bertz CT molecular complexity index is 358. The van der Waals surface area contributed by atoms with Crippen LogP contribution in [0.4, 0.5) is 0 Å². The average molecular weight is 195 g/mol. The molecule has 0 radical (unpaired) electrons. The van der Waals surface area contributed by atoms with E-state index in [0.29, 0.717) is 12.2 Å². The van der Waals surface area contributed by atoms with Gasteiger partial charge in [-0.25, -0.2) is 4.79 Å². The fraction of sp³-hybridized carbons (Fsp3) is 0.500. The fourth-order valence-corrected chi connectivity index (χ4v) is 1.97. The SMILES string of the molecule is COC(=O)C1(N)CCCc2ccoc21. The lowest BCUT2D eigenvalue weighted by Gasteiger charge is -2.28. The zero-order valence-corrected chi connectivity index (χ0v) is 8.08. The van der Waals surface area contributed by atoms with Gasteiger partial charge in [0.1, 0.15) is 5.76 Å². The van der Waals surface area contributed by atoms with Gasteiger partial charge in [-0.15, -0.1) is 0 Å². The Labute approximate surface area is 82.0 Å². The van der Waals surface area contributed by atoms with E-state index in [2.05, 4.69) is 0 Å². The van der Waals surface area contributed by atoms with E-state index in [1.807, 2.05) is 6.07 Å². The van der Waals surface area contributed by atoms with E-state index in [1.165, 1.54) is 7.11 Å². The first kappa shape index (κ1) is 9.27. The van der Waals surface area contributed by atoms with E-state index in [9.17, 15) is 4.79 Å². The molecule has 1 aliphatic rings. The molecule has 4 nitrogen and oxygen atoms in total. The number of esters is 1. The Morgan fingerprint density at radius 2 is 2.50 bits per heavy atom. The number of carbonyl (C=O) groups excluding carboxylic acids is 1. The van der Waals surface area contributed by atoms with Gasteiger partial charge in [0.2, 0.25) is 0 Å². The summed E-state index contributed by atoms with van der Waals surface area (Å²) in [7, 11) is 1.34. The Kier molecular flexibility index (Phi) is 2.07. The number of aryl methyl sites for hydroxylation is 1. The van der Waals surface area contributed by atoms with Crippen LogP contribution >= 0.6 is 0 Å². The van der Waals surface area contributed by atoms with Crippen LogP contribution in [0.2, 0.25) is 0 Å². The number of carbonyl (C=O) groups is 1. The maximum atomic E-state index is 11.5. The van der Waals surface area contributed by atoms with Crippen molar-refractivity contribution in [3.8, 4) is 0 Å². The summed E-state index contributed by atoms with van der Waals surface area (Å²) in [5.74, 6) is 0.143. The van der Waals surface area contributed by atoms with Crippen LogP contribution in [0.15, 0.2) is 16.7 Å². The topological polar surface area (TPSA) is 65.5 Å². The number of methoxy groups -OCH3 is 1. The molecule has 0 saturated carbocycles. The molecule has 0 spiro atoms. The molecule has 0 aromatic carbocycles. The van der Waals surface area contributed by atoms with Crippen LogP contribution in [0, 0.1) is 0 Å². The molecule has 0 saturated heterocycles. The molecular formula is C10H13NO3. The van der Waals surface area contributed by atoms with Crippen molar-refractivity contribution in [1.82, 2.24) is 0 Å². The number of furan rings is 1. The molecule has 1 aromatic rings. The van der Waals surface area contributed by atoms with E-state index in [0.717, 1.165) is 18.4 Å². The van der Waals surface area contributed by atoms with Crippen LogP contribution in [-0.2, 0) is 21.5 Å². The molecule has 1 aliphatic carbocycles. The van der Waals surface area contributed by atoms with E-state index in [-0.39, 0.29) is 0 Å². The minimum absolute atomic E-state index is 0.423. The van der Waals surface area contributed by atoms with Gasteiger partial charge in [0.15, 0.2) is 5.54 Å². The van der Waals surface area contributed by atoms with Gasteiger partial charge >= 0.3 is 5.97 Å². The summed E-state index contributed by atoms with van der Waals surface area (Å²) < 4.78 is 9.96.